The van der Waals surface area contributed by atoms with Crippen LogP contribution in [-0.4, -0.2) is 24.9 Å². The molecule has 0 saturated carbocycles. The van der Waals surface area contributed by atoms with Crippen LogP contribution in [0.4, 0.5) is 13.2 Å². The molecule has 0 aliphatic carbocycles. The molecule has 2 aromatic rings. The van der Waals surface area contributed by atoms with E-state index in [9.17, 15) is 21.6 Å². The van der Waals surface area contributed by atoms with Gasteiger partial charge in [0.25, 0.3) is 0 Å². The maximum Gasteiger partial charge on any atom is 0.416 e. The third kappa shape index (κ3) is 4.01. The lowest BCUT2D eigenvalue weighted by atomic mass is 10.0. The van der Waals surface area contributed by atoms with Crippen molar-refractivity contribution in [3.63, 3.8) is 0 Å². The highest BCUT2D eigenvalue weighted by molar-refractivity contribution is 7.92. The first-order valence-electron chi connectivity index (χ1n) is 5.85. The fraction of sp³-hybridized carbons (Fsp3) is 0.333. The topological polar surface area (TPSA) is 59.9 Å². The van der Waals surface area contributed by atoms with Crippen molar-refractivity contribution in [2.45, 2.75) is 23.4 Å². The SMILES string of the molecule is CS(=O)(=O)c1nnc(CCc2ccccc2C(F)(F)F)s1. The minimum atomic E-state index is -4.41. The molecule has 1 aromatic heterocycles. The van der Waals surface area contributed by atoms with Crippen LogP contribution in [0.3, 0.4) is 0 Å². The zero-order chi connectivity index (χ0) is 15.7. The molecule has 0 spiro atoms. The van der Waals surface area contributed by atoms with Crippen molar-refractivity contribution in [3.8, 4) is 0 Å². The zero-order valence-corrected chi connectivity index (χ0v) is 12.5. The van der Waals surface area contributed by atoms with Crippen molar-refractivity contribution < 1.29 is 21.6 Å². The summed E-state index contributed by atoms with van der Waals surface area (Å²) in [5, 5.41) is 7.62. The predicted molar refractivity (Wildman–Crippen MR) is 71.9 cm³/mol. The Morgan fingerprint density at radius 3 is 2.38 bits per heavy atom. The smallest absolute Gasteiger partial charge is 0.221 e. The molecular formula is C12H11F3N2O2S2. The lowest BCUT2D eigenvalue weighted by Crippen LogP contribution is -2.09. The van der Waals surface area contributed by atoms with Crippen molar-refractivity contribution in [2.24, 2.45) is 0 Å². The Kier molecular flexibility index (Phi) is 4.33. The van der Waals surface area contributed by atoms with Gasteiger partial charge in [-0.15, -0.1) is 10.2 Å². The summed E-state index contributed by atoms with van der Waals surface area (Å²) < 4.78 is 60.9. The second-order valence-electron chi connectivity index (χ2n) is 4.39. The van der Waals surface area contributed by atoms with E-state index < -0.39 is 21.6 Å². The van der Waals surface area contributed by atoms with E-state index >= 15 is 0 Å². The maximum absolute atomic E-state index is 12.8. The molecule has 0 aliphatic heterocycles. The number of sulfone groups is 1. The van der Waals surface area contributed by atoms with Crippen molar-refractivity contribution in [3.05, 3.63) is 40.4 Å². The third-order valence-corrected chi connectivity index (χ3v) is 5.35. The number of benzene rings is 1. The highest BCUT2D eigenvalue weighted by Gasteiger charge is 2.32. The molecular weight excluding hydrogens is 325 g/mol. The van der Waals surface area contributed by atoms with Crippen molar-refractivity contribution in [1.29, 1.82) is 0 Å². The number of rotatable bonds is 4. The highest BCUT2D eigenvalue weighted by atomic mass is 32.2. The molecule has 0 bridgehead atoms. The minimum Gasteiger partial charge on any atom is -0.221 e. The van der Waals surface area contributed by atoms with Crippen LogP contribution in [-0.2, 0) is 28.9 Å². The number of hydrogen-bond acceptors (Lipinski definition) is 5. The quantitative estimate of drug-likeness (QED) is 0.861. The van der Waals surface area contributed by atoms with Gasteiger partial charge < -0.3 is 0 Å². The average Bonchev–Trinajstić information content (AvgIpc) is 2.84. The van der Waals surface area contributed by atoms with Gasteiger partial charge in [0.2, 0.25) is 14.2 Å². The summed E-state index contributed by atoms with van der Waals surface area (Å²) in [6.45, 7) is 0. The Morgan fingerprint density at radius 1 is 1.14 bits per heavy atom. The molecule has 1 aromatic carbocycles. The molecule has 0 saturated heterocycles. The minimum absolute atomic E-state index is 0.119. The lowest BCUT2D eigenvalue weighted by molar-refractivity contribution is -0.138. The lowest BCUT2D eigenvalue weighted by Gasteiger charge is -2.11. The normalized spacial score (nSPS) is 12.6. The summed E-state index contributed by atoms with van der Waals surface area (Å²) in [4.78, 5) is 0. The van der Waals surface area contributed by atoms with Crippen molar-refractivity contribution in [2.75, 3.05) is 6.26 Å². The van der Waals surface area contributed by atoms with Gasteiger partial charge in [-0.25, -0.2) is 8.42 Å². The van der Waals surface area contributed by atoms with E-state index in [-0.39, 0.29) is 22.7 Å². The van der Waals surface area contributed by atoms with Crippen LogP contribution < -0.4 is 0 Å². The molecule has 0 atom stereocenters. The molecule has 0 unspecified atom stereocenters. The number of alkyl halides is 3. The fourth-order valence-corrected chi connectivity index (χ4v) is 3.40. The van der Waals surface area contributed by atoms with Gasteiger partial charge in [-0.1, -0.05) is 29.5 Å². The molecule has 0 N–H and O–H groups in total. The second-order valence-corrected chi connectivity index (χ2v) is 7.64. The first-order valence-corrected chi connectivity index (χ1v) is 8.56. The van der Waals surface area contributed by atoms with E-state index in [1.165, 1.54) is 18.2 Å². The summed E-state index contributed by atoms with van der Waals surface area (Å²) in [6.07, 6.45) is -3.07. The van der Waals surface area contributed by atoms with Crippen LogP contribution in [0.2, 0.25) is 0 Å². The maximum atomic E-state index is 12.8. The van der Waals surface area contributed by atoms with E-state index in [1.54, 1.807) is 0 Å². The number of halogens is 3. The number of aryl methyl sites for hydroxylation is 2. The molecule has 0 aliphatic rings. The van der Waals surface area contributed by atoms with Crippen molar-refractivity contribution >= 4 is 21.2 Å². The number of nitrogens with zero attached hydrogens (tertiary/aromatic N) is 2. The summed E-state index contributed by atoms with van der Waals surface area (Å²) in [5.74, 6) is 0. The van der Waals surface area contributed by atoms with Gasteiger partial charge in [0.15, 0.2) is 0 Å². The Balaban J connectivity index is 2.16. The summed E-state index contributed by atoms with van der Waals surface area (Å²) in [5.41, 5.74) is -0.529. The Hall–Kier alpha value is -1.48. The van der Waals surface area contributed by atoms with E-state index in [1.807, 2.05) is 0 Å². The van der Waals surface area contributed by atoms with E-state index in [4.69, 9.17) is 0 Å². The van der Waals surface area contributed by atoms with E-state index in [2.05, 4.69) is 10.2 Å². The molecule has 21 heavy (non-hydrogen) atoms. The van der Waals surface area contributed by atoms with Gasteiger partial charge in [0, 0.05) is 12.7 Å². The third-order valence-electron chi connectivity index (χ3n) is 2.70. The Morgan fingerprint density at radius 2 is 1.81 bits per heavy atom. The second kappa shape index (κ2) is 5.72. The zero-order valence-electron chi connectivity index (χ0n) is 10.9. The van der Waals surface area contributed by atoms with E-state index in [0.29, 0.717) is 5.01 Å². The molecule has 114 valence electrons. The molecule has 4 nitrogen and oxygen atoms in total. The molecule has 0 radical (unpaired) electrons. The Labute approximate surface area is 123 Å². The van der Waals surface area contributed by atoms with Gasteiger partial charge in [0.1, 0.15) is 5.01 Å². The first kappa shape index (κ1) is 15.9. The summed E-state index contributed by atoms with van der Waals surface area (Å²) in [6, 6.07) is 5.30. The standard InChI is InChI=1S/C12H11F3N2O2S2/c1-21(18,19)11-17-16-10(20-11)7-6-8-4-2-3-5-9(8)12(13,14)15/h2-5H,6-7H2,1H3. The van der Waals surface area contributed by atoms with Crippen LogP contribution in [0.25, 0.3) is 0 Å². The number of aromatic nitrogens is 2. The molecule has 0 amide bonds. The van der Waals surface area contributed by atoms with Gasteiger partial charge in [-0.2, -0.15) is 13.2 Å². The van der Waals surface area contributed by atoms with Crippen LogP contribution >= 0.6 is 11.3 Å². The van der Waals surface area contributed by atoms with E-state index in [0.717, 1.165) is 23.7 Å². The van der Waals surface area contributed by atoms with Gasteiger partial charge in [0.05, 0.1) is 5.56 Å². The van der Waals surface area contributed by atoms with Crippen LogP contribution in [0.15, 0.2) is 28.6 Å². The fourth-order valence-electron chi connectivity index (χ4n) is 1.75. The predicted octanol–water partition coefficient (Wildman–Crippen LogP) is 2.75. The molecule has 0 fully saturated rings. The van der Waals surface area contributed by atoms with Crippen molar-refractivity contribution in [1.82, 2.24) is 10.2 Å². The largest absolute Gasteiger partial charge is 0.416 e. The van der Waals surface area contributed by atoms with Gasteiger partial charge in [-0.3, -0.25) is 0 Å². The Bertz CT molecular complexity index is 739. The molecule has 9 heteroatoms. The van der Waals surface area contributed by atoms with Gasteiger partial charge >= 0.3 is 6.18 Å². The average molecular weight is 336 g/mol. The monoisotopic (exact) mass is 336 g/mol. The van der Waals surface area contributed by atoms with Crippen LogP contribution in [0.1, 0.15) is 16.1 Å². The summed E-state index contributed by atoms with van der Waals surface area (Å²) >= 11 is 0.881. The van der Waals surface area contributed by atoms with Gasteiger partial charge in [-0.05, 0) is 18.1 Å². The van der Waals surface area contributed by atoms with Crippen LogP contribution in [0.5, 0.6) is 0 Å². The highest BCUT2D eigenvalue weighted by Crippen LogP contribution is 2.32. The molecule has 2 rings (SSSR count). The number of hydrogen-bond donors (Lipinski definition) is 0. The first-order chi connectivity index (χ1) is 9.68. The molecule has 1 heterocycles. The summed E-state index contributed by atoms with van der Waals surface area (Å²) in [7, 11) is -3.43. The van der Waals surface area contributed by atoms with Crippen LogP contribution in [0, 0.1) is 0 Å².